The molecule has 2 heterocycles. The van der Waals surface area contributed by atoms with E-state index < -0.39 is 0 Å². The van der Waals surface area contributed by atoms with Crippen LogP contribution in [0.4, 0.5) is 5.69 Å². The Bertz CT molecular complexity index is 1640. The second-order valence-electron chi connectivity index (χ2n) is 10.5. The van der Waals surface area contributed by atoms with Crippen LogP contribution in [0, 0.1) is 0 Å². The predicted molar refractivity (Wildman–Crippen MR) is 164 cm³/mol. The molecule has 208 valence electrons. The van der Waals surface area contributed by atoms with Crippen LogP contribution in [0.5, 0.6) is 17.2 Å². The number of benzene rings is 4. The lowest BCUT2D eigenvalue weighted by molar-refractivity contribution is -0.131. The zero-order valence-corrected chi connectivity index (χ0v) is 23.6. The molecule has 1 aliphatic heterocycles. The highest BCUT2D eigenvalue weighted by Crippen LogP contribution is 2.37. The third kappa shape index (κ3) is 5.64. The molecule has 6 heteroatoms. The van der Waals surface area contributed by atoms with Gasteiger partial charge in [0.15, 0.2) is 0 Å². The van der Waals surface area contributed by atoms with Crippen molar-refractivity contribution >= 4 is 22.5 Å². The quantitative estimate of drug-likeness (QED) is 0.214. The van der Waals surface area contributed by atoms with Gasteiger partial charge in [0.25, 0.3) is 0 Å². The van der Waals surface area contributed by atoms with Crippen LogP contribution in [0.3, 0.4) is 0 Å². The number of hydrogen-bond acceptors (Lipinski definition) is 4. The van der Waals surface area contributed by atoms with Crippen molar-refractivity contribution in [2.75, 3.05) is 38.2 Å². The fourth-order valence-electron chi connectivity index (χ4n) is 5.87. The number of aromatic nitrogens is 1. The number of nitrogens with zero attached hydrogens (tertiary/aromatic N) is 3. The largest absolute Gasteiger partial charge is 0.495 e. The Labute approximate surface area is 241 Å². The van der Waals surface area contributed by atoms with E-state index in [2.05, 4.69) is 65.2 Å². The number of aryl methyl sites for hydroxylation is 1. The minimum Gasteiger partial charge on any atom is -0.495 e. The molecule has 1 unspecified atom stereocenters. The average molecular weight is 546 g/mol. The van der Waals surface area contributed by atoms with E-state index in [1.54, 1.807) is 7.11 Å². The molecule has 1 aromatic heterocycles. The Hall–Kier alpha value is -4.71. The van der Waals surface area contributed by atoms with Crippen LogP contribution in [0.1, 0.15) is 23.5 Å². The second kappa shape index (κ2) is 11.8. The van der Waals surface area contributed by atoms with E-state index in [-0.39, 0.29) is 11.8 Å². The summed E-state index contributed by atoms with van der Waals surface area (Å²) in [7, 11) is 3.77. The Morgan fingerprint density at radius 2 is 1.51 bits per heavy atom. The molecular formula is C35H35N3O3. The maximum atomic E-state index is 13.9. The molecule has 6 rings (SSSR count). The molecule has 0 saturated carbocycles. The van der Waals surface area contributed by atoms with Gasteiger partial charge in [0.05, 0.1) is 12.8 Å². The number of anilines is 1. The van der Waals surface area contributed by atoms with Gasteiger partial charge in [-0.15, -0.1) is 0 Å². The van der Waals surface area contributed by atoms with E-state index in [1.165, 1.54) is 5.39 Å². The average Bonchev–Trinajstić information content (AvgIpc) is 3.36. The molecule has 0 spiro atoms. The van der Waals surface area contributed by atoms with Crippen LogP contribution in [0.15, 0.2) is 109 Å². The van der Waals surface area contributed by atoms with Crippen molar-refractivity contribution in [1.29, 1.82) is 0 Å². The summed E-state index contributed by atoms with van der Waals surface area (Å²) in [5.41, 5.74) is 4.45. The van der Waals surface area contributed by atoms with Crippen LogP contribution >= 0.6 is 0 Å². The van der Waals surface area contributed by atoms with Crippen LogP contribution in [-0.2, 0) is 11.8 Å². The molecule has 0 bridgehead atoms. The highest BCUT2D eigenvalue weighted by atomic mass is 16.5. The van der Waals surface area contributed by atoms with Crippen molar-refractivity contribution in [3.8, 4) is 17.2 Å². The number of ether oxygens (including phenoxy) is 2. The summed E-state index contributed by atoms with van der Waals surface area (Å²) in [6.45, 7) is 2.89. The molecule has 41 heavy (non-hydrogen) atoms. The maximum Gasteiger partial charge on any atom is 0.223 e. The number of para-hydroxylation sites is 4. The van der Waals surface area contributed by atoms with E-state index in [4.69, 9.17) is 9.47 Å². The number of rotatable bonds is 8. The van der Waals surface area contributed by atoms with Gasteiger partial charge in [-0.1, -0.05) is 60.7 Å². The molecular weight excluding hydrogens is 510 g/mol. The molecule has 1 fully saturated rings. The number of carbonyl (C=O) groups is 1. The highest BCUT2D eigenvalue weighted by Gasteiger charge is 2.28. The highest BCUT2D eigenvalue weighted by molar-refractivity contribution is 5.86. The van der Waals surface area contributed by atoms with Gasteiger partial charge in [0.1, 0.15) is 17.2 Å². The normalized spacial score (nSPS) is 14.2. The zero-order valence-electron chi connectivity index (χ0n) is 23.6. The zero-order chi connectivity index (χ0) is 28.2. The minimum atomic E-state index is -0.111. The molecule has 6 nitrogen and oxygen atoms in total. The van der Waals surface area contributed by atoms with Crippen molar-refractivity contribution in [2.45, 2.75) is 12.3 Å². The van der Waals surface area contributed by atoms with Gasteiger partial charge in [-0.2, -0.15) is 0 Å². The first kappa shape index (κ1) is 26.5. The third-order valence-corrected chi connectivity index (χ3v) is 7.98. The molecule has 1 aliphatic rings. The van der Waals surface area contributed by atoms with Crippen molar-refractivity contribution in [1.82, 2.24) is 9.47 Å². The number of carbonyl (C=O) groups excluding carboxylic acids is 1. The van der Waals surface area contributed by atoms with Crippen LogP contribution < -0.4 is 14.4 Å². The van der Waals surface area contributed by atoms with E-state index in [0.717, 1.165) is 52.7 Å². The van der Waals surface area contributed by atoms with Gasteiger partial charge < -0.3 is 23.8 Å². The molecule has 1 saturated heterocycles. The Kier molecular flexibility index (Phi) is 7.63. The Morgan fingerprint density at radius 3 is 2.32 bits per heavy atom. The second-order valence-corrected chi connectivity index (χ2v) is 10.5. The monoisotopic (exact) mass is 545 g/mol. The van der Waals surface area contributed by atoms with Crippen molar-refractivity contribution in [3.05, 3.63) is 120 Å². The fourth-order valence-corrected chi connectivity index (χ4v) is 5.87. The van der Waals surface area contributed by atoms with Crippen LogP contribution in [-0.4, -0.2) is 48.7 Å². The van der Waals surface area contributed by atoms with Gasteiger partial charge in [-0.25, -0.2) is 0 Å². The lowest BCUT2D eigenvalue weighted by Crippen LogP contribution is -2.49. The number of piperazine rings is 1. The van der Waals surface area contributed by atoms with E-state index in [9.17, 15) is 4.79 Å². The smallest absolute Gasteiger partial charge is 0.223 e. The molecule has 4 aromatic carbocycles. The van der Waals surface area contributed by atoms with Gasteiger partial charge in [0.2, 0.25) is 5.91 Å². The lowest BCUT2D eigenvalue weighted by Gasteiger charge is -2.37. The van der Waals surface area contributed by atoms with E-state index >= 15 is 0 Å². The number of methoxy groups -OCH3 is 1. The van der Waals surface area contributed by atoms with Crippen molar-refractivity contribution in [2.24, 2.45) is 7.05 Å². The summed E-state index contributed by atoms with van der Waals surface area (Å²) < 4.78 is 13.9. The van der Waals surface area contributed by atoms with Gasteiger partial charge in [0, 0.05) is 62.7 Å². The lowest BCUT2D eigenvalue weighted by atomic mass is 9.87. The summed E-state index contributed by atoms with van der Waals surface area (Å²) in [5.74, 6) is 2.46. The summed E-state index contributed by atoms with van der Waals surface area (Å²) >= 11 is 0. The Morgan fingerprint density at radius 1 is 0.805 bits per heavy atom. The predicted octanol–water partition coefficient (Wildman–Crippen LogP) is 6.85. The number of fused-ring (bicyclic) bond motifs is 1. The molecule has 0 aliphatic carbocycles. The van der Waals surface area contributed by atoms with Gasteiger partial charge in [-0.3, -0.25) is 4.79 Å². The number of amides is 1. The Balaban J connectivity index is 1.26. The van der Waals surface area contributed by atoms with Gasteiger partial charge >= 0.3 is 0 Å². The molecule has 0 radical (unpaired) electrons. The topological polar surface area (TPSA) is 46.9 Å². The van der Waals surface area contributed by atoms with E-state index in [0.29, 0.717) is 19.5 Å². The first-order valence-electron chi connectivity index (χ1n) is 14.1. The van der Waals surface area contributed by atoms with E-state index in [1.807, 2.05) is 65.6 Å². The van der Waals surface area contributed by atoms with Gasteiger partial charge in [-0.05, 0) is 53.6 Å². The molecule has 5 aromatic rings. The van der Waals surface area contributed by atoms with Crippen LogP contribution in [0.25, 0.3) is 10.9 Å². The van der Waals surface area contributed by atoms with Crippen molar-refractivity contribution < 1.29 is 14.3 Å². The first-order chi connectivity index (χ1) is 20.1. The first-order valence-corrected chi connectivity index (χ1v) is 14.1. The summed E-state index contributed by atoms with van der Waals surface area (Å²) in [5, 5.41) is 1.17. The summed E-state index contributed by atoms with van der Waals surface area (Å²) in [6, 6.07) is 34.4. The van der Waals surface area contributed by atoms with Crippen LogP contribution in [0.2, 0.25) is 0 Å². The minimum absolute atomic E-state index is 0.111. The fraction of sp³-hybridized carbons (Fsp3) is 0.229. The molecule has 1 atom stereocenters. The number of hydrogen-bond donors (Lipinski definition) is 0. The standard InChI is InChI=1S/C35H35N3O3/c1-36-25-31(29-15-6-7-16-32(29)36)30(26-11-10-14-28(23-26)41-27-12-4-3-5-13-27)24-35(39)38-21-19-37(20-22-38)33-17-8-9-18-34(33)40-2/h3-18,23,25,30H,19-22,24H2,1-2H3. The third-order valence-electron chi connectivity index (χ3n) is 7.98. The summed E-state index contributed by atoms with van der Waals surface area (Å²) in [6.07, 6.45) is 2.56. The maximum absolute atomic E-state index is 13.9. The van der Waals surface area contributed by atoms with Crippen molar-refractivity contribution in [3.63, 3.8) is 0 Å². The molecule has 1 amide bonds. The summed E-state index contributed by atoms with van der Waals surface area (Å²) in [4.78, 5) is 18.2. The SMILES string of the molecule is COc1ccccc1N1CCN(C(=O)CC(c2cccc(Oc3ccccc3)c2)c2cn(C)c3ccccc23)CC1. The molecule has 0 N–H and O–H groups in total.